The van der Waals surface area contributed by atoms with Gasteiger partial charge in [0.2, 0.25) is 5.88 Å². The van der Waals surface area contributed by atoms with E-state index in [2.05, 4.69) is 25.9 Å². The van der Waals surface area contributed by atoms with E-state index in [4.69, 9.17) is 14.2 Å². The van der Waals surface area contributed by atoms with Crippen LogP contribution in [0.1, 0.15) is 0 Å². The van der Waals surface area contributed by atoms with E-state index < -0.39 is 0 Å². The summed E-state index contributed by atoms with van der Waals surface area (Å²) in [4.78, 5) is 22.3. The van der Waals surface area contributed by atoms with Crippen molar-refractivity contribution >= 4 is 26.8 Å². The van der Waals surface area contributed by atoms with Crippen LogP contribution in [-0.4, -0.2) is 35.9 Å². The maximum atomic E-state index is 13.7. The fourth-order valence-corrected chi connectivity index (χ4v) is 3.96. The zero-order chi connectivity index (χ0) is 21.3. The van der Waals surface area contributed by atoms with E-state index in [1.165, 1.54) is 14.2 Å². The molecule has 0 aliphatic carbocycles. The second kappa shape index (κ2) is 8.16. The van der Waals surface area contributed by atoms with E-state index in [1.807, 2.05) is 54.6 Å². The van der Waals surface area contributed by atoms with Crippen molar-refractivity contribution in [3.05, 3.63) is 69.4 Å². The molecule has 0 saturated heterocycles. The molecule has 0 saturated carbocycles. The monoisotopic (exact) mass is 467 g/mol. The van der Waals surface area contributed by atoms with E-state index in [0.29, 0.717) is 21.4 Å². The van der Waals surface area contributed by atoms with Crippen LogP contribution in [0.4, 0.5) is 0 Å². The number of pyridine rings is 1. The van der Waals surface area contributed by atoms with Gasteiger partial charge in [-0.05, 0) is 52.3 Å². The van der Waals surface area contributed by atoms with Crippen molar-refractivity contribution in [2.75, 3.05) is 21.3 Å². The summed E-state index contributed by atoms with van der Waals surface area (Å²) in [5.41, 5.74) is 2.26. The summed E-state index contributed by atoms with van der Waals surface area (Å²) in [7, 11) is 4.53. The van der Waals surface area contributed by atoms with Crippen LogP contribution in [0.2, 0.25) is 0 Å². The number of hydrogen-bond acceptors (Lipinski definition) is 6. The Kier molecular flexibility index (Phi) is 5.41. The summed E-state index contributed by atoms with van der Waals surface area (Å²) in [5.74, 6) is 0.864. The third kappa shape index (κ3) is 3.29. The molecule has 0 radical (unpaired) electrons. The maximum Gasteiger partial charge on any atom is 0.320 e. The highest BCUT2D eigenvalue weighted by atomic mass is 79.9. The largest absolute Gasteiger partial charge is 0.497 e. The summed E-state index contributed by atoms with van der Waals surface area (Å²) < 4.78 is 18.1. The average molecular weight is 468 g/mol. The normalized spacial score (nSPS) is 10.8. The Morgan fingerprint density at radius 2 is 1.57 bits per heavy atom. The minimum absolute atomic E-state index is 0.109. The smallest absolute Gasteiger partial charge is 0.320 e. The van der Waals surface area contributed by atoms with Gasteiger partial charge in [0.15, 0.2) is 0 Å². The lowest BCUT2D eigenvalue weighted by molar-refractivity contribution is 0.356. The fourth-order valence-electron chi connectivity index (χ4n) is 3.26. The second-order valence-corrected chi connectivity index (χ2v) is 7.10. The zero-order valence-electron chi connectivity index (χ0n) is 16.5. The SMILES string of the molecule is COc1ccc(-c2c(Br)c3nc(OC)nc(OC)c3c(=O)n2-c2ccccc2)cc1. The Bertz CT molecular complexity index is 1270. The van der Waals surface area contributed by atoms with Crippen LogP contribution in [0, 0.1) is 0 Å². The number of nitrogens with zero attached hydrogens (tertiary/aromatic N) is 3. The minimum Gasteiger partial charge on any atom is -0.497 e. The number of benzene rings is 2. The van der Waals surface area contributed by atoms with Crippen LogP contribution in [0.15, 0.2) is 63.9 Å². The molecule has 0 fully saturated rings. The van der Waals surface area contributed by atoms with Gasteiger partial charge in [-0.3, -0.25) is 9.36 Å². The predicted molar refractivity (Wildman–Crippen MR) is 118 cm³/mol. The van der Waals surface area contributed by atoms with Crippen LogP contribution in [0.25, 0.3) is 27.8 Å². The van der Waals surface area contributed by atoms with Crippen molar-refractivity contribution in [3.63, 3.8) is 0 Å². The number of ether oxygens (including phenoxy) is 3. The highest BCUT2D eigenvalue weighted by molar-refractivity contribution is 9.10. The van der Waals surface area contributed by atoms with Gasteiger partial charge >= 0.3 is 6.01 Å². The number of methoxy groups -OCH3 is 3. The van der Waals surface area contributed by atoms with Crippen LogP contribution in [0.3, 0.4) is 0 Å². The molecule has 0 aliphatic rings. The number of fused-ring (bicyclic) bond motifs is 1. The standard InChI is InChI=1S/C22H18BrN3O4/c1-28-15-11-9-13(10-12-15)19-17(23)18-16(20(29-2)25-22(24-18)30-3)21(27)26(19)14-7-5-4-6-8-14/h4-12H,1-3H3. The molecule has 0 unspecified atom stereocenters. The molecule has 30 heavy (non-hydrogen) atoms. The summed E-state index contributed by atoms with van der Waals surface area (Å²) in [5, 5.41) is 0.256. The summed E-state index contributed by atoms with van der Waals surface area (Å²) >= 11 is 3.67. The third-order valence-electron chi connectivity index (χ3n) is 4.67. The molecule has 2 aromatic carbocycles. The highest BCUT2D eigenvalue weighted by Crippen LogP contribution is 2.37. The van der Waals surface area contributed by atoms with E-state index in [-0.39, 0.29) is 22.8 Å². The Labute approximate surface area is 181 Å². The number of aromatic nitrogens is 3. The first-order valence-electron chi connectivity index (χ1n) is 9.03. The number of hydrogen-bond donors (Lipinski definition) is 0. The third-order valence-corrected chi connectivity index (χ3v) is 5.42. The van der Waals surface area contributed by atoms with E-state index >= 15 is 0 Å². The Morgan fingerprint density at radius 1 is 0.867 bits per heavy atom. The average Bonchev–Trinajstić information content (AvgIpc) is 2.80. The first-order chi connectivity index (χ1) is 14.6. The number of para-hydroxylation sites is 1. The van der Waals surface area contributed by atoms with Crippen molar-refractivity contribution in [2.45, 2.75) is 0 Å². The van der Waals surface area contributed by atoms with Gasteiger partial charge in [-0.25, -0.2) is 0 Å². The molecule has 0 atom stereocenters. The zero-order valence-corrected chi connectivity index (χ0v) is 18.1. The van der Waals surface area contributed by atoms with Crippen molar-refractivity contribution in [2.24, 2.45) is 0 Å². The molecule has 7 nitrogen and oxygen atoms in total. The number of halogens is 1. The molecule has 0 bridgehead atoms. The number of rotatable bonds is 5. The Balaban J connectivity index is 2.17. The maximum absolute atomic E-state index is 13.7. The molecule has 0 spiro atoms. The Hall–Kier alpha value is -3.39. The van der Waals surface area contributed by atoms with Crippen LogP contribution in [0.5, 0.6) is 17.6 Å². The van der Waals surface area contributed by atoms with Crippen LogP contribution >= 0.6 is 15.9 Å². The quantitative estimate of drug-likeness (QED) is 0.436. The summed E-state index contributed by atoms with van der Waals surface area (Å²) in [6, 6.07) is 16.9. The van der Waals surface area contributed by atoms with Gasteiger partial charge in [0.25, 0.3) is 5.56 Å². The molecule has 0 aliphatic heterocycles. The van der Waals surface area contributed by atoms with Crippen molar-refractivity contribution in [3.8, 4) is 34.6 Å². The second-order valence-electron chi connectivity index (χ2n) is 6.31. The summed E-state index contributed by atoms with van der Waals surface area (Å²) in [6.07, 6.45) is 0. The lowest BCUT2D eigenvalue weighted by Gasteiger charge is -2.18. The van der Waals surface area contributed by atoms with Crippen molar-refractivity contribution in [1.82, 2.24) is 14.5 Å². The predicted octanol–water partition coefficient (Wildman–Crippen LogP) is 4.24. The van der Waals surface area contributed by atoms with Gasteiger partial charge in [-0.2, -0.15) is 9.97 Å². The Morgan fingerprint density at radius 3 is 2.17 bits per heavy atom. The molecule has 0 amide bonds. The molecular formula is C22H18BrN3O4. The van der Waals surface area contributed by atoms with Gasteiger partial charge in [0.05, 0.1) is 31.5 Å². The van der Waals surface area contributed by atoms with E-state index in [9.17, 15) is 4.79 Å². The van der Waals surface area contributed by atoms with Gasteiger partial charge in [-0.1, -0.05) is 18.2 Å². The molecule has 4 rings (SSSR count). The molecule has 2 aromatic heterocycles. The first-order valence-corrected chi connectivity index (χ1v) is 9.82. The molecular weight excluding hydrogens is 450 g/mol. The van der Waals surface area contributed by atoms with Crippen molar-refractivity contribution in [1.29, 1.82) is 0 Å². The van der Waals surface area contributed by atoms with Gasteiger partial charge in [0.1, 0.15) is 16.7 Å². The van der Waals surface area contributed by atoms with Crippen molar-refractivity contribution < 1.29 is 14.2 Å². The van der Waals surface area contributed by atoms with Gasteiger partial charge in [-0.15, -0.1) is 0 Å². The summed E-state index contributed by atoms with van der Waals surface area (Å²) in [6.45, 7) is 0. The molecule has 0 N–H and O–H groups in total. The van der Waals surface area contributed by atoms with E-state index in [0.717, 1.165) is 11.3 Å². The minimum atomic E-state index is -0.301. The molecule has 152 valence electrons. The van der Waals surface area contributed by atoms with Gasteiger partial charge in [0, 0.05) is 11.3 Å². The molecule has 8 heteroatoms. The van der Waals surface area contributed by atoms with E-state index in [1.54, 1.807) is 11.7 Å². The molecule has 2 heterocycles. The van der Waals surface area contributed by atoms with Crippen LogP contribution < -0.4 is 19.8 Å². The topological polar surface area (TPSA) is 75.5 Å². The molecule has 4 aromatic rings. The van der Waals surface area contributed by atoms with Crippen LogP contribution in [-0.2, 0) is 0 Å². The lowest BCUT2D eigenvalue weighted by Crippen LogP contribution is -2.22. The van der Waals surface area contributed by atoms with Gasteiger partial charge < -0.3 is 14.2 Å². The lowest BCUT2D eigenvalue weighted by atomic mass is 10.1. The highest BCUT2D eigenvalue weighted by Gasteiger charge is 2.23. The first kappa shape index (κ1) is 19.9. The fraction of sp³-hybridized carbons (Fsp3) is 0.136.